The van der Waals surface area contributed by atoms with Gasteiger partial charge in [0.1, 0.15) is 18.3 Å². The highest BCUT2D eigenvalue weighted by atomic mass is 16.6. The number of esters is 3. The Labute approximate surface area is 271 Å². The van der Waals surface area contributed by atoms with E-state index in [9.17, 15) is 14.4 Å². The summed E-state index contributed by atoms with van der Waals surface area (Å²) in [5.41, 5.74) is 0.896. The molecule has 0 amide bonds. The van der Waals surface area contributed by atoms with Gasteiger partial charge < -0.3 is 14.2 Å². The first-order chi connectivity index (χ1) is 21.3. The average molecular weight is 625 g/mol. The van der Waals surface area contributed by atoms with Crippen molar-refractivity contribution in [1.29, 1.82) is 0 Å². The van der Waals surface area contributed by atoms with Crippen molar-refractivity contribution in [3.05, 3.63) is 0 Å². The normalized spacial score (nSPS) is 49.8. The minimum absolute atomic E-state index is 0.0786. The van der Waals surface area contributed by atoms with Gasteiger partial charge in [0.15, 0.2) is 0 Å². The minimum atomic E-state index is 0.0786. The lowest BCUT2D eigenvalue weighted by Gasteiger charge is -2.42. The van der Waals surface area contributed by atoms with Crippen molar-refractivity contribution in [3.63, 3.8) is 0 Å². The Morgan fingerprint density at radius 1 is 0.600 bits per heavy atom. The average Bonchev–Trinajstić information content (AvgIpc) is 3.85. The molecule has 45 heavy (non-hydrogen) atoms. The fraction of sp³-hybridized carbons (Fsp3) is 0.923. The molecular weight excluding hydrogens is 564 g/mol. The maximum Gasteiger partial charge on any atom is 0.310 e. The van der Waals surface area contributed by atoms with E-state index in [0.29, 0.717) is 46.8 Å². The van der Waals surface area contributed by atoms with Crippen LogP contribution in [0.4, 0.5) is 0 Å². The van der Waals surface area contributed by atoms with Crippen molar-refractivity contribution < 1.29 is 28.6 Å². The molecule has 15 unspecified atom stereocenters. The summed E-state index contributed by atoms with van der Waals surface area (Å²) < 4.78 is 16.7. The quantitative estimate of drug-likeness (QED) is 0.221. The number of fused-ring (bicyclic) bond motifs is 3. The van der Waals surface area contributed by atoms with Gasteiger partial charge in [-0.15, -0.1) is 0 Å². The van der Waals surface area contributed by atoms with Crippen LogP contribution in [0.5, 0.6) is 0 Å². The molecule has 6 aliphatic carbocycles. The van der Waals surface area contributed by atoms with Crippen LogP contribution in [0.2, 0.25) is 0 Å². The molecule has 3 saturated heterocycles. The zero-order valence-electron chi connectivity index (χ0n) is 29.5. The van der Waals surface area contributed by atoms with Gasteiger partial charge in [-0.2, -0.15) is 0 Å². The monoisotopic (exact) mass is 624 g/mol. The van der Waals surface area contributed by atoms with Crippen molar-refractivity contribution in [2.45, 2.75) is 138 Å². The van der Waals surface area contributed by atoms with Crippen LogP contribution in [0.3, 0.4) is 0 Å². The first kappa shape index (κ1) is 32.0. The molecule has 0 aromatic rings. The number of hydrogen-bond acceptors (Lipinski definition) is 6. The highest BCUT2D eigenvalue weighted by Gasteiger charge is 2.72. The standard InChI is InChI=1S/C15H24O2.C13H20O2.C11H16O2/c1-4-6-15(7-5-2)11-8-10-12(15)14(16)17-13(10)9(11)3;1-4-13(5-2)9-6-8-10(13)12(14)15-11(8)7(9)3;1-5-7-4-6-8(11(7,2)3)9(5)13-10(6)12/h9-13H,4-8H2,1-3H3;7-11H,4-6H2,1-3H3;5-9H,4H2,1-3H3. The van der Waals surface area contributed by atoms with E-state index in [1.54, 1.807) is 0 Å². The van der Waals surface area contributed by atoms with Crippen LogP contribution >= 0.6 is 0 Å². The molecule has 252 valence electrons. The molecule has 9 aliphatic rings. The van der Waals surface area contributed by atoms with Crippen LogP contribution in [-0.2, 0) is 28.6 Å². The van der Waals surface area contributed by atoms with Crippen LogP contribution in [-0.4, -0.2) is 36.2 Å². The Bertz CT molecular complexity index is 1210. The molecule has 0 aromatic carbocycles. The Morgan fingerprint density at radius 3 is 1.49 bits per heavy atom. The molecule has 3 heterocycles. The lowest BCUT2D eigenvalue weighted by Crippen LogP contribution is -2.42. The minimum Gasteiger partial charge on any atom is -0.462 e. The summed E-state index contributed by atoms with van der Waals surface area (Å²) in [6, 6.07) is 0. The van der Waals surface area contributed by atoms with E-state index in [2.05, 4.69) is 62.3 Å². The van der Waals surface area contributed by atoms with Gasteiger partial charge >= 0.3 is 17.9 Å². The highest BCUT2D eigenvalue weighted by Crippen LogP contribution is 2.70. The predicted octanol–water partition coefficient (Wildman–Crippen LogP) is 7.86. The van der Waals surface area contributed by atoms with Gasteiger partial charge in [0, 0.05) is 17.8 Å². The number of rotatable bonds is 6. The third-order valence-corrected chi connectivity index (χ3v) is 16.4. The topological polar surface area (TPSA) is 78.9 Å². The SMILES string of the molecule is CC1C2OC(=O)C3CC1C(C)(C)C32.CCC1(CC)C2CC3C(OC(=O)C31)C2C.CCCC1(CCC)C2CC3C(OC(=O)C31)C2C. The maximum atomic E-state index is 12.2. The van der Waals surface area contributed by atoms with Crippen LogP contribution in [0.1, 0.15) is 120 Å². The number of carbonyl (C=O) groups is 3. The summed E-state index contributed by atoms with van der Waals surface area (Å²) in [5.74, 6) is 6.63. The lowest BCUT2D eigenvalue weighted by molar-refractivity contribution is -0.147. The molecule has 6 nitrogen and oxygen atoms in total. The lowest BCUT2D eigenvalue weighted by atomic mass is 9.59. The molecule has 9 rings (SSSR count). The van der Waals surface area contributed by atoms with Crippen molar-refractivity contribution in [2.75, 3.05) is 0 Å². The molecule has 0 N–H and O–H groups in total. The van der Waals surface area contributed by atoms with Crippen molar-refractivity contribution >= 4 is 17.9 Å². The smallest absolute Gasteiger partial charge is 0.310 e. The van der Waals surface area contributed by atoms with Gasteiger partial charge in [-0.25, -0.2) is 0 Å². The zero-order chi connectivity index (χ0) is 32.4. The van der Waals surface area contributed by atoms with Crippen LogP contribution < -0.4 is 0 Å². The Kier molecular flexibility index (Phi) is 7.61. The first-order valence-electron chi connectivity index (χ1n) is 19.0. The number of ether oxygens (including phenoxy) is 3. The molecule has 0 radical (unpaired) electrons. The third-order valence-electron chi connectivity index (χ3n) is 16.4. The van der Waals surface area contributed by atoms with Crippen LogP contribution in [0.25, 0.3) is 0 Å². The van der Waals surface area contributed by atoms with Crippen LogP contribution in [0.15, 0.2) is 0 Å². The van der Waals surface area contributed by atoms with Gasteiger partial charge in [0.05, 0.1) is 17.8 Å². The van der Waals surface area contributed by atoms with Gasteiger partial charge in [-0.1, -0.05) is 75.2 Å². The molecule has 6 heteroatoms. The van der Waals surface area contributed by atoms with Gasteiger partial charge in [0.25, 0.3) is 0 Å². The first-order valence-corrected chi connectivity index (χ1v) is 19.0. The molecule has 15 atom stereocenters. The van der Waals surface area contributed by atoms with Crippen LogP contribution in [0, 0.1) is 87.3 Å². The van der Waals surface area contributed by atoms with E-state index in [-0.39, 0.29) is 64.8 Å². The summed E-state index contributed by atoms with van der Waals surface area (Å²) in [6.45, 7) is 20.5. The molecular formula is C39H60O6. The van der Waals surface area contributed by atoms with Gasteiger partial charge in [-0.3, -0.25) is 14.4 Å². The second kappa shape index (κ2) is 10.7. The van der Waals surface area contributed by atoms with E-state index in [1.165, 1.54) is 38.5 Å². The fourth-order valence-corrected chi connectivity index (χ4v) is 14.8. The van der Waals surface area contributed by atoms with Crippen molar-refractivity contribution in [1.82, 2.24) is 0 Å². The van der Waals surface area contributed by atoms with E-state index < -0.39 is 0 Å². The molecule has 6 saturated carbocycles. The van der Waals surface area contributed by atoms with E-state index in [0.717, 1.165) is 31.1 Å². The van der Waals surface area contributed by atoms with Gasteiger partial charge in [0.2, 0.25) is 0 Å². The van der Waals surface area contributed by atoms with Crippen molar-refractivity contribution in [2.24, 2.45) is 87.3 Å². The van der Waals surface area contributed by atoms with Crippen molar-refractivity contribution in [3.8, 4) is 0 Å². The largest absolute Gasteiger partial charge is 0.462 e. The Hall–Kier alpha value is -1.59. The molecule has 9 fully saturated rings. The fourth-order valence-electron chi connectivity index (χ4n) is 14.8. The molecule has 3 aliphatic heterocycles. The maximum absolute atomic E-state index is 12.2. The number of carbonyl (C=O) groups excluding carboxylic acids is 3. The summed E-state index contributed by atoms with van der Waals surface area (Å²) in [7, 11) is 0. The number of hydrogen-bond donors (Lipinski definition) is 0. The summed E-state index contributed by atoms with van der Waals surface area (Å²) in [4.78, 5) is 35.6. The molecule has 0 spiro atoms. The summed E-state index contributed by atoms with van der Waals surface area (Å²) in [6.07, 6.45) is 11.5. The molecule has 0 aromatic heterocycles. The second-order valence-corrected chi connectivity index (χ2v) is 17.7. The third kappa shape index (κ3) is 3.95. The van der Waals surface area contributed by atoms with E-state index in [4.69, 9.17) is 14.2 Å². The zero-order valence-corrected chi connectivity index (χ0v) is 29.5. The Balaban J connectivity index is 0.000000109. The predicted molar refractivity (Wildman–Crippen MR) is 171 cm³/mol. The van der Waals surface area contributed by atoms with Gasteiger partial charge in [-0.05, 0) is 96.7 Å². The molecule has 6 bridgehead atoms. The highest BCUT2D eigenvalue weighted by molar-refractivity contribution is 5.79. The van der Waals surface area contributed by atoms with E-state index >= 15 is 0 Å². The van der Waals surface area contributed by atoms with E-state index in [1.807, 2.05) is 0 Å². The summed E-state index contributed by atoms with van der Waals surface area (Å²) in [5, 5.41) is 0. The Morgan fingerprint density at radius 2 is 1.04 bits per heavy atom. The summed E-state index contributed by atoms with van der Waals surface area (Å²) >= 11 is 0. The second-order valence-electron chi connectivity index (χ2n) is 17.7.